The molecule has 2 aliphatic rings. The monoisotopic (exact) mass is 452 g/mol. The average molecular weight is 452 g/mol. The maximum absolute atomic E-state index is 12.5. The van der Waals surface area contributed by atoms with Gasteiger partial charge in [0.15, 0.2) is 0 Å². The summed E-state index contributed by atoms with van der Waals surface area (Å²) >= 11 is 1.65. The number of carboxylic acid groups (broad SMARTS) is 1. The van der Waals surface area contributed by atoms with Crippen molar-refractivity contribution in [2.75, 3.05) is 53.0 Å². The molecule has 0 unspecified atom stereocenters. The summed E-state index contributed by atoms with van der Waals surface area (Å²) in [5, 5.41) is 9.15. The van der Waals surface area contributed by atoms with Crippen molar-refractivity contribution in [3.8, 4) is 0 Å². The van der Waals surface area contributed by atoms with Gasteiger partial charge in [0.2, 0.25) is 5.91 Å². The number of amides is 1. The lowest BCUT2D eigenvalue weighted by molar-refractivity contribution is -0.192. The molecule has 0 radical (unpaired) electrons. The number of piperidine rings is 1. The molecular weight excluding hydrogens is 425 g/mol. The number of hydrogen-bond donors (Lipinski definition) is 1. The molecule has 30 heavy (non-hydrogen) atoms. The predicted molar refractivity (Wildman–Crippen MR) is 104 cm³/mol. The summed E-state index contributed by atoms with van der Waals surface area (Å²) in [6, 6.07) is 4.04. The van der Waals surface area contributed by atoms with Gasteiger partial charge in [-0.2, -0.15) is 13.2 Å². The zero-order valence-electron chi connectivity index (χ0n) is 16.8. The van der Waals surface area contributed by atoms with Crippen molar-refractivity contribution < 1.29 is 37.3 Å². The van der Waals surface area contributed by atoms with Crippen LogP contribution in [-0.4, -0.2) is 92.1 Å². The van der Waals surface area contributed by atoms with Crippen LogP contribution in [0.2, 0.25) is 0 Å². The van der Waals surface area contributed by atoms with E-state index in [0.717, 1.165) is 57.2 Å². The van der Waals surface area contributed by atoms with Crippen LogP contribution in [-0.2, 0) is 25.5 Å². The quantitative estimate of drug-likeness (QED) is 0.738. The smallest absolute Gasteiger partial charge is 0.475 e. The first kappa shape index (κ1) is 24.6. The summed E-state index contributed by atoms with van der Waals surface area (Å²) in [6.07, 6.45) is -3.34. The van der Waals surface area contributed by atoms with Crippen molar-refractivity contribution in [1.29, 1.82) is 0 Å². The van der Waals surface area contributed by atoms with Gasteiger partial charge in [0.05, 0.1) is 25.7 Å². The van der Waals surface area contributed by atoms with Gasteiger partial charge in [-0.1, -0.05) is 6.07 Å². The second kappa shape index (κ2) is 11.6. The van der Waals surface area contributed by atoms with Gasteiger partial charge in [0.1, 0.15) is 0 Å². The molecule has 1 N–H and O–H groups in total. The summed E-state index contributed by atoms with van der Waals surface area (Å²) in [6.45, 7) is 6.09. The van der Waals surface area contributed by atoms with Gasteiger partial charge in [-0.15, -0.1) is 11.3 Å². The highest BCUT2D eigenvalue weighted by atomic mass is 32.1. The highest BCUT2D eigenvalue weighted by Gasteiger charge is 2.38. The lowest BCUT2D eigenvalue weighted by atomic mass is 9.93. The van der Waals surface area contributed by atoms with Crippen LogP contribution in [0.1, 0.15) is 11.3 Å². The SMILES string of the molecule is COCCN1CCO[C@@H]2CN(C(=O)Cc3cccs3)CC[C@@H]2C1.O=C(O)C(F)(F)F. The molecule has 3 heterocycles. The molecule has 170 valence electrons. The molecule has 3 rings (SSSR count). The van der Waals surface area contributed by atoms with Gasteiger partial charge < -0.3 is 19.5 Å². The number of likely N-dealkylation sites (tertiary alicyclic amines) is 1. The molecule has 7 nitrogen and oxygen atoms in total. The number of ether oxygens (including phenoxy) is 2. The van der Waals surface area contributed by atoms with Gasteiger partial charge in [0.25, 0.3) is 0 Å². The average Bonchev–Trinajstić information content (AvgIpc) is 3.10. The Balaban J connectivity index is 0.000000396. The lowest BCUT2D eigenvalue weighted by Gasteiger charge is -2.38. The fraction of sp³-hybridized carbons (Fsp3) is 0.684. The molecule has 0 aliphatic carbocycles. The standard InChI is InChI=1S/C17H26N2O3S.C2HF3O2/c1-21-8-6-18-7-9-22-16-13-19(5-4-14(16)12-18)17(20)11-15-3-2-10-23-15;3-2(4,5)1(6)7/h2-3,10,14,16H,4-9,11-13H2,1H3;(H,6,7)/t14-,16-;/m1./s1. The fourth-order valence-electron chi connectivity index (χ4n) is 3.44. The molecule has 1 amide bonds. The zero-order chi connectivity index (χ0) is 22.1. The number of halogens is 3. The number of methoxy groups -OCH3 is 1. The number of carbonyl (C=O) groups is 2. The minimum absolute atomic E-state index is 0.184. The molecule has 1 aromatic rings. The van der Waals surface area contributed by atoms with Crippen molar-refractivity contribution in [2.45, 2.75) is 25.1 Å². The van der Waals surface area contributed by atoms with Crippen LogP contribution in [0.25, 0.3) is 0 Å². The molecule has 2 fully saturated rings. The maximum atomic E-state index is 12.5. The van der Waals surface area contributed by atoms with Crippen LogP contribution in [0.3, 0.4) is 0 Å². The van der Waals surface area contributed by atoms with Gasteiger partial charge in [-0.05, 0) is 17.9 Å². The van der Waals surface area contributed by atoms with Crippen molar-refractivity contribution in [2.24, 2.45) is 5.92 Å². The molecule has 2 atom stereocenters. The number of fused-ring (bicyclic) bond motifs is 1. The molecule has 0 aromatic carbocycles. The Morgan fingerprint density at radius 3 is 2.67 bits per heavy atom. The molecule has 0 bridgehead atoms. The summed E-state index contributed by atoms with van der Waals surface area (Å²) in [4.78, 5) is 26.9. The molecule has 0 saturated carbocycles. The Morgan fingerprint density at radius 2 is 2.07 bits per heavy atom. The molecule has 2 aliphatic heterocycles. The first-order valence-electron chi connectivity index (χ1n) is 9.64. The third-order valence-electron chi connectivity index (χ3n) is 5.04. The van der Waals surface area contributed by atoms with Gasteiger partial charge in [-0.25, -0.2) is 4.79 Å². The van der Waals surface area contributed by atoms with Crippen LogP contribution in [0.5, 0.6) is 0 Å². The van der Waals surface area contributed by atoms with Crippen molar-refractivity contribution >= 4 is 23.2 Å². The van der Waals surface area contributed by atoms with Gasteiger partial charge >= 0.3 is 12.1 Å². The van der Waals surface area contributed by atoms with E-state index in [1.54, 1.807) is 18.4 Å². The second-order valence-electron chi connectivity index (χ2n) is 7.15. The van der Waals surface area contributed by atoms with Crippen LogP contribution in [0.15, 0.2) is 17.5 Å². The van der Waals surface area contributed by atoms with Gasteiger partial charge in [-0.3, -0.25) is 9.69 Å². The Kier molecular flexibility index (Phi) is 9.53. The van der Waals surface area contributed by atoms with E-state index in [2.05, 4.69) is 4.90 Å². The first-order valence-corrected chi connectivity index (χ1v) is 10.5. The number of rotatable bonds is 5. The zero-order valence-corrected chi connectivity index (χ0v) is 17.6. The number of thiophene rings is 1. The van der Waals surface area contributed by atoms with Crippen LogP contribution in [0.4, 0.5) is 13.2 Å². The van der Waals surface area contributed by atoms with Crippen LogP contribution in [0, 0.1) is 5.92 Å². The topological polar surface area (TPSA) is 79.3 Å². The minimum Gasteiger partial charge on any atom is -0.475 e. The largest absolute Gasteiger partial charge is 0.490 e. The number of aliphatic carboxylic acids is 1. The molecular formula is C19H27F3N2O5S. The van der Waals surface area contributed by atoms with E-state index in [4.69, 9.17) is 19.4 Å². The van der Waals surface area contributed by atoms with E-state index in [-0.39, 0.29) is 12.0 Å². The summed E-state index contributed by atoms with van der Waals surface area (Å²) in [7, 11) is 1.74. The molecule has 0 spiro atoms. The molecule has 2 saturated heterocycles. The summed E-state index contributed by atoms with van der Waals surface area (Å²) in [5.41, 5.74) is 0. The van der Waals surface area contributed by atoms with E-state index < -0.39 is 12.1 Å². The van der Waals surface area contributed by atoms with Crippen molar-refractivity contribution in [3.05, 3.63) is 22.4 Å². The first-order chi connectivity index (χ1) is 14.2. The highest BCUT2D eigenvalue weighted by Crippen LogP contribution is 2.25. The predicted octanol–water partition coefficient (Wildman–Crippen LogP) is 2.12. The van der Waals surface area contributed by atoms with E-state index >= 15 is 0 Å². The third kappa shape index (κ3) is 7.86. The van der Waals surface area contributed by atoms with E-state index in [1.165, 1.54) is 0 Å². The number of carbonyl (C=O) groups excluding carboxylic acids is 1. The van der Waals surface area contributed by atoms with Crippen molar-refractivity contribution in [1.82, 2.24) is 9.80 Å². The van der Waals surface area contributed by atoms with E-state index in [0.29, 0.717) is 12.3 Å². The molecule has 11 heteroatoms. The minimum atomic E-state index is -5.08. The Hall–Kier alpha value is -1.69. The number of nitrogens with zero attached hydrogens (tertiary/aromatic N) is 2. The van der Waals surface area contributed by atoms with E-state index in [1.807, 2.05) is 22.4 Å². The van der Waals surface area contributed by atoms with Crippen LogP contribution >= 0.6 is 11.3 Å². The Bertz CT molecular complexity index is 672. The lowest BCUT2D eigenvalue weighted by Crippen LogP contribution is -2.49. The third-order valence-corrected chi connectivity index (χ3v) is 5.92. The normalized spacial score (nSPS) is 22.5. The number of hydrogen-bond acceptors (Lipinski definition) is 6. The Morgan fingerprint density at radius 1 is 1.33 bits per heavy atom. The summed E-state index contributed by atoms with van der Waals surface area (Å²) in [5.74, 6) is -2.00. The van der Waals surface area contributed by atoms with Crippen LogP contribution < -0.4 is 0 Å². The maximum Gasteiger partial charge on any atom is 0.490 e. The summed E-state index contributed by atoms with van der Waals surface area (Å²) < 4.78 is 43.0. The highest BCUT2D eigenvalue weighted by molar-refractivity contribution is 7.10. The Labute approximate surface area is 177 Å². The van der Waals surface area contributed by atoms with Gasteiger partial charge in [0, 0.05) is 50.6 Å². The molecule has 1 aromatic heterocycles. The number of alkyl halides is 3. The number of carboxylic acids is 1. The van der Waals surface area contributed by atoms with E-state index in [9.17, 15) is 18.0 Å². The second-order valence-corrected chi connectivity index (χ2v) is 8.18. The van der Waals surface area contributed by atoms with Crippen molar-refractivity contribution in [3.63, 3.8) is 0 Å². The fourth-order valence-corrected chi connectivity index (χ4v) is 4.14.